The maximum absolute atomic E-state index is 5.52. The second-order valence-electron chi connectivity index (χ2n) is 14.8. The Labute approximate surface area is 336 Å². The molecule has 0 aliphatic heterocycles. The third-order valence-corrected chi connectivity index (χ3v) is 11.3. The molecule has 0 N–H and O–H groups in total. The van der Waals surface area contributed by atoms with Gasteiger partial charge in [0.25, 0.3) is 0 Å². The zero-order valence-corrected chi connectivity index (χ0v) is 31.5. The van der Waals surface area contributed by atoms with Crippen molar-refractivity contribution in [1.82, 2.24) is 15.0 Å². The van der Waals surface area contributed by atoms with E-state index in [2.05, 4.69) is 176 Å². The molecule has 0 unspecified atom stereocenters. The van der Waals surface area contributed by atoms with Crippen LogP contribution in [-0.2, 0) is 0 Å². The summed E-state index contributed by atoms with van der Waals surface area (Å²) in [6.07, 6.45) is 0. The van der Waals surface area contributed by atoms with Gasteiger partial charge in [-0.05, 0) is 50.4 Å². The van der Waals surface area contributed by atoms with Crippen molar-refractivity contribution in [2.24, 2.45) is 0 Å². The van der Waals surface area contributed by atoms with Gasteiger partial charge in [0.1, 0.15) is 0 Å². The lowest BCUT2D eigenvalue weighted by molar-refractivity contribution is 1.18. The molecule has 2 heterocycles. The molecule has 0 bridgehead atoms. The Kier molecular flexibility index (Phi) is 8.15. The molecule has 0 fully saturated rings. The van der Waals surface area contributed by atoms with Crippen LogP contribution < -0.4 is 0 Å². The molecule has 0 radical (unpaired) electrons. The smallest absolute Gasteiger partial charge is 0.160 e. The molecule has 0 saturated carbocycles. The van der Waals surface area contributed by atoms with Crippen molar-refractivity contribution in [3.63, 3.8) is 0 Å². The molecule has 11 aromatic rings. The van der Waals surface area contributed by atoms with Gasteiger partial charge >= 0.3 is 0 Å². The highest BCUT2D eigenvalue weighted by atomic mass is 14.9. The lowest BCUT2D eigenvalue weighted by Crippen LogP contribution is -1.95. The minimum Gasteiger partial charge on any atom is -0.246 e. The van der Waals surface area contributed by atoms with Crippen LogP contribution in [0.25, 0.3) is 111 Å². The van der Waals surface area contributed by atoms with E-state index in [9.17, 15) is 0 Å². The Hall–Kier alpha value is -7.75. The van der Waals surface area contributed by atoms with Gasteiger partial charge in [0.15, 0.2) is 5.82 Å². The highest BCUT2D eigenvalue weighted by Gasteiger charge is 2.17. The third kappa shape index (κ3) is 5.98. The molecule has 2 aromatic heterocycles. The van der Waals surface area contributed by atoms with Crippen LogP contribution in [0.1, 0.15) is 0 Å². The maximum Gasteiger partial charge on any atom is 0.160 e. The first-order valence-electron chi connectivity index (χ1n) is 19.7. The molecule has 270 valence electrons. The number of aromatic nitrogens is 3. The van der Waals surface area contributed by atoms with Crippen LogP contribution in [0.15, 0.2) is 212 Å². The molecular weight excluding hydrogens is 703 g/mol. The molecular formula is C55H35N3. The molecule has 0 spiro atoms. The molecule has 0 saturated heterocycles. The Morgan fingerprint density at radius 1 is 0.276 bits per heavy atom. The quantitative estimate of drug-likeness (QED) is 0.160. The second-order valence-corrected chi connectivity index (χ2v) is 14.8. The van der Waals surface area contributed by atoms with E-state index < -0.39 is 0 Å². The standard InChI is InChI=1S/C55H35N3/c1-3-14-41(15-4-1)50-35-51(57-55(56-50)43-16-5-2-6-17-43)42-29-24-38(25-30-42)37-22-27-40(28-23-37)47-20-11-21-48-52-46-19-10-9-13-39(46)32-33-49(52)53(58-54(47)48)45-31-26-36-12-7-8-18-44(36)34-45/h1-35H. The van der Waals surface area contributed by atoms with Gasteiger partial charge in [-0.1, -0.05) is 200 Å². The maximum atomic E-state index is 5.52. The second kappa shape index (κ2) is 14.1. The summed E-state index contributed by atoms with van der Waals surface area (Å²) < 4.78 is 0. The van der Waals surface area contributed by atoms with E-state index in [0.29, 0.717) is 5.82 Å². The van der Waals surface area contributed by atoms with Crippen LogP contribution in [0, 0.1) is 0 Å². The van der Waals surface area contributed by atoms with E-state index >= 15 is 0 Å². The Morgan fingerprint density at radius 2 is 0.810 bits per heavy atom. The molecule has 3 heteroatoms. The normalized spacial score (nSPS) is 11.4. The number of hydrogen-bond acceptors (Lipinski definition) is 3. The lowest BCUT2D eigenvalue weighted by Gasteiger charge is -2.15. The summed E-state index contributed by atoms with van der Waals surface area (Å²) in [7, 11) is 0. The first-order chi connectivity index (χ1) is 28.7. The Bertz CT molecular complexity index is 3240. The molecule has 11 rings (SSSR count). The number of para-hydroxylation sites is 1. The summed E-state index contributed by atoms with van der Waals surface area (Å²) in [5.41, 5.74) is 12.5. The number of pyridine rings is 1. The monoisotopic (exact) mass is 737 g/mol. The summed E-state index contributed by atoms with van der Waals surface area (Å²) in [5, 5.41) is 8.44. The molecule has 3 nitrogen and oxygen atoms in total. The van der Waals surface area contributed by atoms with Crippen molar-refractivity contribution >= 4 is 43.2 Å². The molecule has 0 atom stereocenters. The fourth-order valence-corrected chi connectivity index (χ4v) is 8.33. The minimum absolute atomic E-state index is 0.713. The van der Waals surface area contributed by atoms with Crippen molar-refractivity contribution in [2.75, 3.05) is 0 Å². The van der Waals surface area contributed by atoms with Gasteiger partial charge in [0, 0.05) is 44.0 Å². The van der Waals surface area contributed by atoms with E-state index in [1.165, 1.54) is 26.9 Å². The van der Waals surface area contributed by atoms with Crippen LogP contribution in [-0.4, -0.2) is 15.0 Å². The largest absolute Gasteiger partial charge is 0.246 e. The molecule has 9 aromatic carbocycles. The van der Waals surface area contributed by atoms with E-state index in [4.69, 9.17) is 15.0 Å². The summed E-state index contributed by atoms with van der Waals surface area (Å²) in [6, 6.07) is 75.1. The predicted molar refractivity (Wildman–Crippen MR) is 242 cm³/mol. The Balaban J connectivity index is 0.986. The van der Waals surface area contributed by atoms with Crippen LogP contribution in [0.3, 0.4) is 0 Å². The number of hydrogen-bond donors (Lipinski definition) is 0. The fraction of sp³-hybridized carbons (Fsp3) is 0. The van der Waals surface area contributed by atoms with Crippen LogP contribution in [0.5, 0.6) is 0 Å². The highest BCUT2D eigenvalue weighted by molar-refractivity contribution is 6.24. The molecule has 0 amide bonds. The molecule has 0 aliphatic carbocycles. The van der Waals surface area contributed by atoms with E-state index in [1.54, 1.807) is 0 Å². The molecule has 0 aliphatic rings. The predicted octanol–water partition coefficient (Wildman–Crippen LogP) is 14.5. The number of fused-ring (bicyclic) bond motifs is 6. The molecule has 58 heavy (non-hydrogen) atoms. The lowest BCUT2D eigenvalue weighted by atomic mass is 9.92. The first kappa shape index (κ1) is 33.6. The first-order valence-corrected chi connectivity index (χ1v) is 19.7. The van der Waals surface area contributed by atoms with Crippen LogP contribution >= 0.6 is 0 Å². The van der Waals surface area contributed by atoms with Gasteiger partial charge in [-0.3, -0.25) is 0 Å². The van der Waals surface area contributed by atoms with Crippen molar-refractivity contribution in [1.29, 1.82) is 0 Å². The average molecular weight is 738 g/mol. The average Bonchev–Trinajstić information content (AvgIpc) is 3.31. The van der Waals surface area contributed by atoms with Gasteiger partial charge in [-0.2, -0.15) is 0 Å². The summed E-state index contributed by atoms with van der Waals surface area (Å²) in [4.78, 5) is 15.5. The van der Waals surface area contributed by atoms with E-state index in [-0.39, 0.29) is 0 Å². The Morgan fingerprint density at radius 3 is 1.53 bits per heavy atom. The zero-order chi connectivity index (χ0) is 38.4. The summed E-state index contributed by atoms with van der Waals surface area (Å²) in [5.74, 6) is 0.713. The summed E-state index contributed by atoms with van der Waals surface area (Å²) >= 11 is 0. The van der Waals surface area contributed by atoms with Gasteiger partial charge in [-0.25, -0.2) is 15.0 Å². The van der Waals surface area contributed by atoms with Gasteiger partial charge in [0.05, 0.1) is 22.6 Å². The van der Waals surface area contributed by atoms with Crippen molar-refractivity contribution in [3.8, 4) is 67.4 Å². The number of nitrogens with zero attached hydrogens (tertiary/aromatic N) is 3. The number of rotatable bonds is 6. The van der Waals surface area contributed by atoms with E-state index in [1.807, 2.05) is 36.4 Å². The van der Waals surface area contributed by atoms with Gasteiger partial charge in [0.2, 0.25) is 0 Å². The fourth-order valence-electron chi connectivity index (χ4n) is 8.33. The van der Waals surface area contributed by atoms with Crippen LogP contribution in [0.2, 0.25) is 0 Å². The zero-order valence-electron chi connectivity index (χ0n) is 31.5. The van der Waals surface area contributed by atoms with Crippen molar-refractivity contribution < 1.29 is 0 Å². The van der Waals surface area contributed by atoms with Crippen LogP contribution in [0.4, 0.5) is 0 Å². The minimum atomic E-state index is 0.713. The third-order valence-electron chi connectivity index (χ3n) is 11.3. The van der Waals surface area contributed by atoms with Gasteiger partial charge in [-0.15, -0.1) is 0 Å². The van der Waals surface area contributed by atoms with E-state index in [0.717, 1.165) is 77.9 Å². The topological polar surface area (TPSA) is 38.7 Å². The van der Waals surface area contributed by atoms with Gasteiger partial charge < -0.3 is 0 Å². The van der Waals surface area contributed by atoms with Crippen molar-refractivity contribution in [3.05, 3.63) is 212 Å². The summed E-state index contributed by atoms with van der Waals surface area (Å²) in [6.45, 7) is 0. The van der Waals surface area contributed by atoms with Crippen molar-refractivity contribution in [2.45, 2.75) is 0 Å². The SMILES string of the molecule is c1ccc(-c2cc(-c3ccc(-c4ccc(-c5cccc6c5nc(-c5ccc7ccccc7c5)c5ccc7ccccc7c56)cc4)cc3)nc(-c3ccccc3)n2)cc1. The highest BCUT2D eigenvalue weighted by Crippen LogP contribution is 2.41. The number of benzene rings is 9.